The fourth-order valence-electron chi connectivity index (χ4n) is 2.99. The van der Waals surface area contributed by atoms with Crippen LogP contribution in [0, 0.1) is 0 Å². The lowest BCUT2D eigenvalue weighted by Gasteiger charge is -2.07. The number of carboxylic acid groups (broad SMARTS) is 1. The number of aromatic nitrogens is 1. The molecule has 3 rings (SSSR count). The van der Waals surface area contributed by atoms with Crippen LogP contribution < -0.4 is 0 Å². The maximum absolute atomic E-state index is 12.8. The maximum Gasteiger partial charge on any atom is 0.312 e. The Morgan fingerprint density at radius 2 is 2.04 bits per heavy atom. The quantitative estimate of drug-likeness (QED) is 0.627. The summed E-state index contributed by atoms with van der Waals surface area (Å²) in [7, 11) is -2.89. The first kappa shape index (κ1) is 17.7. The van der Waals surface area contributed by atoms with Gasteiger partial charge in [0, 0.05) is 12.1 Å². The van der Waals surface area contributed by atoms with Crippen molar-refractivity contribution in [2.45, 2.75) is 23.8 Å². The van der Waals surface area contributed by atoms with E-state index in [-0.39, 0.29) is 21.2 Å². The number of nitrogens with zero attached hydrogens (tertiary/aromatic N) is 1. The van der Waals surface area contributed by atoms with E-state index in [4.69, 9.17) is 11.6 Å². The summed E-state index contributed by atoms with van der Waals surface area (Å²) in [6, 6.07) is 6.89. The highest BCUT2D eigenvalue weighted by Crippen LogP contribution is 2.37. The molecule has 1 unspecified atom stereocenters. The highest BCUT2D eigenvalue weighted by molar-refractivity contribution is 7.86. The molecule has 0 saturated heterocycles. The van der Waals surface area contributed by atoms with Crippen LogP contribution in [-0.4, -0.2) is 37.0 Å². The van der Waals surface area contributed by atoms with Crippen molar-refractivity contribution >= 4 is 33.5 Å². The number of carboxylic acids is 1. The number of fused-ring (bicyclic) bond motifs is 1. The fraction of sp³-hybridized carbons (Fsp3) is 0.250. The third-order valence-corrected chi connectivity index (χ3v) is 5.77. The standard InChI is InChI=1S/C16H14ClNO6S/c1-24-25(22,23)10-4-2-3-9(7-10)15(19)13-8-12(17)14-11(16(20)21)5-6-18(13)14/h2-4,7-8,11H,5-6H2,1H3,(H,20,21). The van der Waals surface area contributed by atoms with Gasteiger partial charge in [-0.1, -0.05) is 23.7 Å². The molecule has 0 radical (unpaired) electrons. The molecule has 0 spiro atoms. The normalized spacial score (nSPS) is 16.6. The van der Waals surface area contributed by atoms with Gasteiger partial charge in [-0.3, -0.25) is 13.8 Å². The molecule has 2 aromatic rings. The van der Waals surface area contributed by atoms with Gasteiger partial charge in [-0.15, -0.1) is 0 Å². The van der Waals surface area contributed by atoms with E-state index < -0.39 is 27.8 Å². The SMILES string of the molecule is COS(=O)(=O)c1cccc(C(=O)c2cc(Cl)c3n2CCC3C(=O)O)c1. The van der Waals surface area contributed by atoms with E-state index in [0.29, 0.717) is 18.7 Å². The minimum atomic E-state index is -3.93. The van der Waals surface area contributed by atoms with Crippen molar-refractivity contribution < 1.29 is 27.3 Å². The summed E-state index contributed by atoms with van der Waals surface area (Å²) in [5.74, 6) is -2.19. The molecule has 0 amide bonds. The summed E-state index contributed by atoms with van der Waals surface area (Å²) in [4.78, 5) is 24.0. The van der Waals surface area contributed by atoms with Crippen LogP contribution >= 0.6 is 11.6 Å². The van der Waals surface area contributed by atoms with Crippen molar-refractivity contribution in [1.82, 2.24) is 4.57 Å². The molecule has 1 N–H and O–H groups in total. The lowest BCUT2D eigenvalue weighted by Crippen LogP contribution is -2.11. The third kappa shape index (κ3) is 2.97. The molecule has 0 fully saturated rings. The first-order valence-corrected chi connectivity index (χ1v) is 9.12. The smallest absolute Gasteiger partial charge is 0.312 e. The first-order chi connectivity index (χ1) is 11.8. The Bertz CT molecular complexity index is 979. The van der Waals surface area contributed by atoms with Crippen LogP contribution in [0.25, 0.3) is 0 Å². The molecular weight excluding hydrogens is 370 g/mol. The van der Waals surface area contributed by atoms with Crippen LogP contribution in [0.4, 0.5) is 0 Å². The topological polar surface area (TPSA) is 103 Å². The molecule has 0 aliphatic carbocycles. The highest BCUT2D eigenvalue weighted by Gasteiger charge is 2.34. The van der Waals surface area contributed by atoms with Gasteiger partial charge in [-0.2, -0.15) is 8.42 Å². The van der Waals surface area contributed by atoms with Gasteiger partial charge in [0.25, 0.3) is 10.1 Å². The zero-order valence-electron chi connectivity index (χ0n) is 13.1. The first-order valence-electron chi connectivity index (χ1n) is 7.33. The fourth-order valence-corrected chi connectivity index (χ4v) is 4.03. The Morgan fingerprint density at radius 3 is 2.68 bits per heavy atom. The van der Waals surface area contributed by atoms with Crippen LogP contribution in [0.15, 0.2) is 35.2 Å². The van der Waals surface area contributed by atoms with Gasteiger partial charge in [-0.05, 0) is 24.6 Å². The Morgan fingerprint density at radius 1 is 1.32 bits per heavy atom. The number of hydrogen-bond acceptors (Lipinski definition) is 5. The van der Waals surface area contributed by atoms with Crippen LogP contribution in [0.2, 0.25) is 5.02 Å². The minimum Gasteiger partial charge on any atom is -0.481 e. The predicted octanol–water partition coefficient (Wildman–Crippen LogP) is 2.28. The monoisotopic (exact) mass is 383 g/mol. The second-order valence-electron chi connectivity index (χ2n) is 5.57. The van der Waals surface area contributed by atoms with E-state index in [1.807, 2.05) is 0 Å². The average Bonchev–Trinajstić information content (AvgIpc) is 3.16. The number of hydrogen-bond donors (Lipinski definition) is 1. The van der Waals surface area contributed by atoms with E-state index in [1.165, 1.54) is 30.3 Å². The van der Waals surface area contributed by atoms with E-state index in [0.717, 1.165) is 7.11 Å². The molecule has 1 aromatic heterocycles. The van der Waals surface area contributed by atoms with Crippen molar-refractivity contribution in [2.24, 2.45) is 0 Å². The van der Waals surface area contributed by atoms with E-state index in [9.17, 15) is 23.1 Å². The molecule has 132 valence electrons. The second-order valence-corrected chi connectivity index (χ2v) is 7.69. The lowest BCUT2D eigenvalue weighted by molar-refractivity contribution is -0.138. The average molecular weight is 384 g/mol. The second kappa shape index (κ2) is 6.29. The van der Waals surface area contributed by atoms with Gasteiger partial charge in [0.2, 0.25) is 5.78 Å². The minimum absolute atomic E-state index is 0.136. The van der Waals surface area contributed by atoms with E-state index in [2.05, 4.69) is 4.18 Å². The van der Waals surface area contributed by atoms with Gasteiger partial charge in [0.05, 0.1) is 28.4 Å². The number of benzene rings is 1. The molecule has 9 heteroatoms. The molecule has 1 aromatic carbocycles. The van der Waals surface area contributed by atoms with Crippen molar-refractivity contribution in [3.63, 3.8) is 0 Å². The van der Waals surface area contributed by atoms with Crippen LogP contribution in [-0.2, 0) is 25.6 Å². The summed E-state index contributed by atoms with van der Waals surface area (Å²) >= 11 is 6.13. The molecule has 0 saturated carbocycles. The largest absolute Gasteiger partial charge is 0.481 e. The van der Waals surface area contributed by atoms with Gasteiger partial charge in [-0.25, -0.2) is 0 Å². The summed E-state index contributed by atoms with van der Waals surface area (Å²) in [5, 5.41) is 9.48. The van der Waals surface area contributed by atoms with Crippen molar-refractivity contribution in [2.75, 3.05) is 7.11 Å². The van der Waals surface area contributed by atoms with Crippen LogP contribution in [0.5, 0.6) is 0 Å². The lowest BCUT2D eigenvalue weighted by atomic mass is 10.1. The molecule has 1 atom stereocenters. The Labute approximate surface area is 148 Å². The van der Waals surface area contributed by atoms with Crippen molar-refractivity contribution in [1.29, 1.82) is 0 Å². The molecule has 0 bridgehead atoms. The number of carbonyl (C=O) groups is 2. The van der Waals surface area contributed by atoms with Gasteiger partial charge in [0.15, 0.2) is 0 Å². The summed E-state index contributed by atoms with van der Waals surface area (Å²) in [5.41, 5.74) is 0.780. The zero-order valence-corrected chi connectivity index (χ0v) is 14.7. The molecule has 2 heterocycles. The Balaban J connectivity index is 2.04. The van der Waals surface area contributed by atoms with Gasteiger partial charge in [0.1, 0.15) is 5.92 Å². The van der Waals surface area contributed by atoms with Crippen LogP contribution in [0.1, 0.15) is 34.1 Å². The number of aliphatic carboxylic acids is 1. The Kier molecular flexibility index (Phi) is 4.44. The molecule has 1 aliphatic heterocycles. The van der Waals surface area contributed by atoms with Gasteiger partial charge >= 0.3 is 5.97 Å². The van der Waals surface area contributed by atoms with Crippen LogP contribution in [0.3, 0.4) is 0 Å². The third-order valence-electron chi connectivity index (χ3n) is 4.20. The molecule has 7 nitrogen and oxygen atoms in total. The Hall–Kier alpha value is -2.16. The van der Waals surface area contributed by atoms with Crippen molar-refractivity contribution in [3.05, 3.63) is 52.3 Å². The maximum atomic E-state index is 12.8. The molecule has 1 aliphatic rings. The number of ketones is 1. The zero-order chi connectivity index (χ0) is 18.4. The highest BCUT2D eigenvalue weighted by atomic mass is 35.5. The summed E-state index contributed by atoms with van der Waals surface area (Å²) in [6.07, 6.45) is 0.351. The molecule has 25 heavy (non-hydrogen) atoms. The predicted molar refractivity (Wildman–Crippen MR) is 88.5 cm³/mol. The van der Waals surface area contributed by atoms with Crippen molar-refractivity contribution in [3.8, 4) is 0 Å². The van der Waals surface area contributed by atoms with E-state index >= 15 is 0 Å². The number of halogens is 1. The summed E-state index contributed by atoms with van der Waals surface area (Å²) < 4.78 is 29.6. The number of rotatable bonds is 5. The van der Waals surface area contributed by atoms with Gasteiger partial charge < -0.3 is 9.67 Å². The number of carbonyl (C=O) groups excluding carboxylic acids is 1. The summed E-state index contributed by atoms with van der Waals surface area (Å²) in [6.45, 7) is 0.357. The molecular formula is C16H14ClNO6S. The van der Waals surface area contributed by atoms with E-state index in [1.54, 1.807) is 4.57 Å².